The largest absolute Gasteiger partial charge is 0.452 e. The molecule has 0 spiro atoms. The highest BCUT2D eigenvalue weighted by Crippen LogP contribution is 2.19. The molecule has 2 aromatic rings. The van der Waals surface area contributed by atoms with Gasteiger partial charge in [0, 0.05) is 10.7 Å². The standard InChI is InChI=1S/C19H18ClFN2O4/c1-11-4-3-5-12(2)18(11)23-16(24)9-22-17(25)10-27-19(26)14-8-13(20)6-7-15(14)21/h3-8H,9-10H2,1-2H3,(H,22,25)(H,23,24). The van der Waals surface area contributed by atoms with Gasteiger partial charge in [0.15, 0.2) is 6.61 Å². The Morgan fingerprint density at radius 3 is 2.41 bits per heavy atom. The van der Waals surface area contributed by atoms with Crippen LogP contribution in [0.3, 0.4) is 0 Å². The van der Waals surface area contributed by atoms with E-state index in [1.165, 1.54) is 6.07 Å². The van der Waals surface area contributed by atoms with Crippen molar-refractivity contribution in [3.05, 3.63) is 63.9 Å². The summed E-state index contributed by atoms with van der Waals surface area (Å²) in [5, 5.41) is 5.20. The van der Waals surface area contributed by atoms with Crippen LogP contribution in [0.5, 0.6) is 0 Å². The minimum Gasteiger partial charge on any atom is -0.452 e. The van der Waals surface area contributed by atoms with Crippen LogP contribution in [0.4, 0.5) is 10.1 Å². The number of halogens is 2. The van der Waals surface area contributed by atoms with Crippen molar-refractivity contribution in [3.8, 4) is 0 Å². The molecule has 0 fully saturated rings. The predicted octanol–water partition coefficient (Wildman–Crippen LogP) is 3.01. The summed E-state index contributed by atoms with van der Waals surface area (Å²) in [5.41, 5.74) is 2.10. The molecule has 0 saturated heterocycles. The molecule has 0 aromatic heterocycles. The molecular weight excluding hydrogens is 375 g/mol. The maximum atomic E-state index is 13.6. The molecule has 0 radical (unpaired) electrons. The Labute approximate surface area is 160 Å². The molecule has 8 heteroatoms. The number of benzene rings is 2. The number of aryl methyl sites for hydroxylation is 2. The molecular formula is C19H18ClFN2O4. The van der Waals surface area contributed by atoms with Crippen molar-refractivity contribution in [1.82, 2.24) is 5.32 Å². The van der Waals surface area contributed by atoms with Crippen LogP contribution >= 0.6 is 11.6 Å². The van der Waals surface area contributed by atoms with Gasteiger partial charge in [-0.25, -0.2) is 9.18 Å². The van der Waals surface area contributed by atoms with E-state index in [-0.39, 0.29) is 17.1 Å². The van der Waals surface area contributed by atoms with Gasteiger partial charge in [-0.3, -0.25) is 9.59 Å². The minimum atomic E-state index is -1.02. The van der Waals surface area contributed by atoms with Gasteiger partial charge in [-0.1, -0.05) is 29.8 Å². The molecule has 142 valence electrons. The zero-order valence-electron chi connectivity index (χ0n) is 14.8. The van der Waals surface area contributed by atoms with E-state index >= 15 is 0 Å². The molecule has 0 bridgehead atoms. The van der Waals surface area contributed by atoms with Crippen molar-refractivity contribution in [1.29, 1.82) is 0 Å². The van der Waals surface area contributed by atoms with Gasteiger partial charge in [0.25, 0.3) is 5.91 Å². The summed E-state index contributed by atoms with van der Waals surface area (Å²) in [7, 11) is 0. The molecule has 2 amide bonds. The number of anilines is 1. The summed E-state index contributed by atoms with van der Waals surface area (Å²) < 4.78 is 18.3. The van der Waals surface area contributed by atoms with Crippen LogP contribution in [0.15, 0.2) is 36.4 Å². The molecule has 0 saturated carbocycles. The highest BCUT2D eigenvalue weighted by atomic mass is 35.5. The lowest BCUT2D eigenvalue weighted by molar-refractivity contribution is -0.126. The van der Waals surface area contributed by atoms with E-state index in [2.05, 4.69) is 10.6 Å². The van der Waals surface area contributed by atoms with Gasteiger partial charge in [-0.15, -0.1) is 0 Å². The molecule has 0 aliphatic heterocycles. The quantitative estimate of drug-likeness (QED) is 0.740. The average molecular weight is 393 g/mol. The molecule has 2 N–H and O–H groups in total. The molecule has 0 heterocycles. The van der Waals surface area contributed by atoms with E-state index in [1.807, 2.05) is 32.0 Å². The van der Waals surface area contributed by atoms with Crippen LogP contribution in [0.2, 0.25) is 5.02 Å². The topological polar surface area (TPSA) is 84.5 Å². The smallest absolute Gasteiger partial charge is 0.341 e. The molecule has 6 nitrogen and oxygen atoms in total. The first-order valence-electron chi connectivity index (χ1n) is 8.03. The van der Waals surface area contributed by atoms with Crippen LogP contribution in [0.25, 0.3) is 0 Å². The summed E-state index contributed by atoms with van der Waals surface area (Å²) in [6.07, 6.45) is 0. The van der Waals surface area contributed by atoms with Crippen molar-refractivity contribution >= 4 is 35.1 Å². The van der Waals surface area contributed by atoms with Crippen LogP contribution in [-0.2, 0) is 14.3 Å². The number of rotatable bonds is 6. The van der Waals surface area contributed by atoms with Gasteiger partial charge in [0.1, 0.15) is 5.82 Å². The number of amides is 2. The number of para-hydroxylation sites is 1. The lowest BCUT2D eigenvalue weighted by Crippen LogP contribution is -2.35. The van der Waals surface area contributed by atoms with Crippen molar-refractivity contribution in [2.24, 2.45) is 0 Å². The number of esters is 1. The van der Waals surface area contributed by atoms with Crippen molar-refractivity contribution in [2.75, 3.05) is 18.5 Å². The molecule has 0 unspecified atom stereocenters. The third-order valence-corrected chi connectivity index (χ3v) is 3.91. The molecule has 2 rings (SSSR count). The lowest BCUT2D eigenvalue weighted by atomic mass is 10.1. The first-order valence-corrected chi connectivity index (χ1v) is 8.40. The predicted molar refractivity (Wildman–Crippen MR) is 99.2 cm³/mol. The van der Waals surface area contributed by atoms with E-state index in [0.717, 1.165) is 23.3 Å². The Balaban J connectivity index is 1.81. The zero-order valence-corrected chi connectivity index (χ0v) is 15.5. The normalized spacial score (nSPS) is 10.2. The van der Waals surface area contributed by atoms with Gasteiger partial charge in [-0.2, -0.15) is 0 Å². The number of nitrogens with one attached hydrogen (secondary N) is 2. The van der Waals surface area contributed by atoms with Crippen molar-refractivity contribution < 1.29 is 23.5 Å². The van der Waals surface area contributed by atoms with Crippen molar-refractivity contribution in [2.45, 2.75) is 13.8 Å². The van der Waals surface area contributed by atoms with E-state index < -0.39 is 30.2 Å². The fourth-order valence-corrected chi connectivity index (χ4v) is 2.46. The molecule has 0 aliphatic rings. The van der Waals surface area contributed by atoms with Crippen LogP contribution < -0.4 is 10.6 Å². The summed E-state index contributed by atoms with van der Waals surface area (Å²) in [4.78, 5) is 35.5. The zero-order chi connectivity index (χ0) is 20.0. The molecule has 27 heavy (non-hydrogen) atoms. The van der Waals surface area contributed by atoms with Gasteiger partial charge >= 0.3 is 5.97 Å². The van der Waals surface area contributed by atoms with E-state index in [1.54, 1.807) is 0 Å². The molecule has 0 atom stereocenters. The summed E-state index contributed by atoms with van der Waals surface area (Å²) >= 11 is 5.70. The second kappa shape index (κ2) is 9.14. The number of ether oxygens (including phenoxy) is 1. The number of hydrogen-bond donors (Lipinski definition) is 2. The van der Waals surface area contributed by atoms with Gasteiger partial charge < -0.3 is 15.4 Å². The maximum absolute atomic E-state index is 13.6. The SMILES string of the molecule is Cc1cccc(C)c1NC(=O)CNC(=O)COC(=O)c1cc(Cl)ccc1F. The van der Waals surface area contributed by atoms with Crippen LogP contribution in [0.1, 0.15) is 21.5 Å². The van der Waals surface area contributed by atoms with Crippen molar-refractivity contribution in [3.63, 3.8) is 0 Å². The fourth-order valence-electron chi connectivity index (χ4n) is 2.29. The summed E-state index contributed by atoms with van der Waals surface area (Å²) in [6, 6.07) is 9.01. The number of hydrogen-bond acceptors (Lipinski definition) is 4. The Bertz CT molecular complexity index is 866. The van der Waals surface area contributed by atoms with E-state index in [9.17, 15) is 18.8 Å². The second-order valence-electron chi connectivity index (χ2n) is 5.79. The Kier molecular flexibility index (Phi) is 6.90. The average Bonchev–Trinajstić information content (AvgIpc) is 2.63. The van der Waals surface area contributed by atoms with Crippen LogP contribution in [-0.4, -0.2) is 30.9 Å². The first kappa shape index (κ1) is 20.4. The second-order valence-corrected chi connectivity index (χ2v) is 6.23. The third-order valence-electron chi connectivity index (χ3n) is 3.67. The first-order chi connectivity index (χ1) is 12.8. The van der Waals surface area contributed by atoms with Gasteiger partial charge in [0.05, 0.1) is 12.1 Å². The third kappa shape index (κ3) is 5.79. The highest BCUT2D eigenvalue weighted by Gasteiger charge is 2.16. The Morgan fingerprint density at radius 1 is 1.07 bits per heavy atom. The van der Waals surface area contributed by atoms with E-state index in [4.69, 9.17) is 16.3 Å². The van der Waals surface area contributed by atoms with Gasteiger partial charge in [-0.05, 0) is 43.2 Å². The van der Waals surface area contributed by atoms with E-state index in [0.29, 0.717) is 5.69 Å². The maximum Gasteiger partial charge on any atom is 0.341 e. The number of carbonyl (C=O) groups excluding carboxylic acids is 3. The fraction of sp³-hybridized carbons (Fsp3) is 0.211. The monoisotopic (exact) mass is 392 g/mol. The Hall–Kier alpha value is -2.93. The minimum absolute atomic E-state index is 0.163. The highest BCUT2D eigenvalue weighted by molar-refractivity contribution is 6.30. The Morgan fingerprint density at radius 2 is 1.74 bits per heavy atom. The summed E-state index contributed by atoms with van der Waals surface area (Å²) in [5.74, 6) is -2.95. The lowest BCUT2D eigenvalue weighted by Gasteiger charge is -2.12. The van der Waals surface area contributed by atoms with Crippen LogP contribution in [0, 0.1) is 19.7 Å². The molecule has 0 aliphatic carbocycles. The van der Waals surface area contributed by atoms with Gasteiger partial charge in [0.2, 0.25) is 5.91 Å². The summed E-state index contributed by atoms with van der Waals surface area (Å²) in [6.45, 7) is 2.77. The molecule has 2 aromatic carbocycles. The number of carbonyl (C=O) groups is 3.